The van der Waals surface area contributed by atoms with E-state index < -0.39 is 5.97 Å². The first-order chi connectivity index (χ1) is 8.11. The number of ether oxygens (including phenoxy) is 1. The van der Waals surface area contributed by atoms with E-state index in [1.165, 1.54) is 0 Å². The van der Waals surface area contributed by atoms with E-state index in [-0.39, 0.29) is 30.3 Å². The molecule has 0 heterocycles. The molecule has 0 spiro atoms. The lowest BCUT2D eigenvalue weighted by molar-refractivity contribution is 0.0519. The van der Waals surface area contributed by atoms with E-state index in [4.69, 9.17) is 16.3 Å². The molecule has 1 aromatic carbocycles. The van der Waals surface area contributed by atoms with Crippen LogP contribution in [0.3, 0.4) is 0 Å². The maximum absolute atomic E-state index is 11.8. The second-order valence-electron chi connectivity index (χ2n) is 3.28. The van der Waals surface area contributed by atoms with Crippen molar-refractivity contribution in [2.45, 2.75) is 18.2 Å². The summed E-state index contributed by atoms with van der Waals surface area (Å²) in [5.41, 5.74) is 0.532. The summed E-state index contributed by atoms with van der Waals surface area (Å²) in [5.74, 6) is -0.493. The standard InChI is InChI=1S/C12H13ClO3S/c1-2-16-12(15)11-8(9(14)6-7-13)4-3-5-10(11)17/h3-5,17H,2,6-7H2,1H3. The number of halogens is 1. The zero-order chi connectivity index (χ0) is 12.8. The molecule has 0 N–H and O–H groups in total. The van der Waals surface area contributed by atoms with Crippen LogP contribution in [0.25, 0.3) is 0 Å². The second-order valence-corrected chi connectivity index (χ2v) is 4.14. The van der Waals surface area contributed by atoms with Gasteiger partial charge in [-0.25, -0.2) is 4.79 Å². The fraction of sp³-hybridized carbons (Fsp3) is 0.333. The van der Waals surface area contributed by atoms with Gasteiger partial charge in [-0.3, -0.25) is 4.79 Å². The third kappa shape index (κ3) is 3.48. The molecule has 17 heavy (non-hydrogen) atoms. The minimum absolute atomic E-state index is 0.182. The fourth-order valence-corrected chi connectivity index (χ4v) is 1.88. The van der Waals surface area contributed by atoms with Gasteiger partial charge in [-0.05, 0) is 13.0 Å². The summed E-state index contributed by atoms with van der Waals surface area (Å²) in [6, 6.07) is 4.90. The van der Waals surface area contributed by atoms with Crippen LogP contribution in [0.15, 0.2) is 23.1 Å². The molecule has 0 atom stereocenters. The number of carbonyl (C=O) groups is 2. The Hall–Kier alpha value is -1.00. The van der Waals surface area contributed by atoms with E-state index in [1.807, 2.05) is 0 Å². The number of hydrogen-bond donors (Lipinski definition) is 1. The molecule has 0 aliphatic heterocycles. The number of ketones is 1. The Morgan fingerprint density at radius 2 is 2.12 bits per heavy atom. The van der Waals surface area contributed by atoms with E-state index in [0.29, 0.717) is 10.5 Å². The summed E-state index contributed by atoms with van der Waals surface area (Å²) in [4.78, 5) is 24.0. The van der Waals surface area contributed by atoms with E-state index in [1.54, 1.807) is 25.1 Å². The van der Waals surface area contributed by atoms with Crippen LogP contribution in [0.2, 0.25) is 0 Å². The average Bonchev–Trinajstić information content (AvgIpc) is 2.29. The summed E-state index contributed by atoms with van der Waals surface area (Å²) < 4.78 is 4.90. The topological polar surface area (TPSA) is 43.4 Å². The normalized spacial score (nSPS) is 10.1. The maximum Gasteiger partial charge on any atom is 0.339 e. The number of hydrogen-bond acceptors (Lipinski definition) is 4. The van der Waals surface area contributed by atoms with E-state index in [0.717, 1.165) is 0 Å². The number of thiol groups is 1. The largest absolute Gasteiger partial charge is 0.462 e. The van der Waals surface area contributed by atoms with Gasteiger partial charge in [0.15, 0.2) is 5.78 Å². The lowest BCUT2D eigenvalue weighted by Crippen LogP contribution is -2.13. The van der Waals surface area contributed by atoms with Gasteiger partial charge in [-0.1, -0.05) is 12.1 Å². The molecule has 0 bridgehead atoms. The van der Waals surface area contributed by atoms with Gasteiger partial charge in [0.05, 0.1) is 12.2 Å². The van der Waals surface area contributed by atoms with Crippen LogP contribution in [0, 0.1) is 0 Å². The molecular weight excluding hydrogens is 260 g/mol. The van der Waals surface area contributed by atoms with Gasteiger partial charge in [0.1, 0.15) is 0 Å². The van der Waals surface area contributed by atoms with Crippen molar-refractivity contribution in [3.8, 4) is 0 Å². The minimum Gasteiger partial charge on any atom is -0.462 e. The summed E-state index contributed by atoms with van der Waals surface area (Å²) >= 11 is 9.70. The van der Waals surface area contributed by atoms with Crippen LogP contribution in [0.4, 0.5) is 0 Å². The molecule has 0 aliphatic rings. The highest BCUT2D eigenvalue weighted by molar-refractivity contribution is 7.80. The molecule has 0 saturated carbocycles. The Morgan fingerprint density at radius 3 is 2.71 bits per heavy atom. The highest BCUT2D eigenvalue weighted by atomic mass is 35.5. The van der Waals surface area contributed by atoms with Gasteiger partial charge < -0.3 is 4.74 Å². The van der Waals surface area contributed by atoms with E-state index in [9.17, 15) is 9.59 Å². The summed E-state index contributed by atoms with van der Waals surface area (Å²) in [5, 5.41) is 0. The Labute approximate surface area is 111 Å². The quantitative estimate of drug-likeness (QED) is 0.388. The molecule has 1 aromatic rings. The number of esters is 1. The Morgan fingerprint density at radius 1 is 1.41 bits per heavy atom. The summed E-state index contributed by atoms with van der Waals surface area (Å²) in [6.45, 7) is 1.96. The van der Waals surface area contributed by atoms with Gasteiger partial charge >= 0.3 is 5.97 Å². The van der Waals surface area contributed by atoms with Crippen molar-refractivity contribution in [2.24, 2.45) is 0 Å². The Kier molecular flexibility index (Phi) is 5.51. The summed E-state index contributed by atoms with van der Waals surface area (Å²) in [6.07, 6.45) is 0.186. The molecule has 3 nitrogen and oxygen atoms in total. The molecule has 0 aliphatic carbocycles. The van der Waals surface area contributed by atoms with Crippen molar-refractivity contribution < 1.29 is 14.3 Å². The van der Waals surface area contributed by atoms with Crippen molar-refractivity contribution >= 4 is 36.0 Å². The molecule has 0 saturated heterocycles. The van der Waals surface area contributed by atoms with Gasteiger partial charge in [-0.15, -0.1) is 24.2 Å². The number of carbonyl (C=O) groups excluding carboxylic acids is 2. The van der Waals surface area contributed by atoms with Crippen LogP contribution in [0.1, 0.15) is 34.1 Å². The second kappa shape index (κ2) is 6.67. The van der Waals surface area contributed by atoms with Crippen LogP contribution in [-0.2, 0) is 4.74 Å². The van der Waals surface area contributed by atoms with Crippen molar-refractivity contribution in [1.82, 2.24) is 0 Å². The van der Waals surface area contributed by atoms with E-state index >= 15 is 0 Å². The number of benzene rings is 1. The first kappa shape index (κ1) is 14.1. The number of rotatable bonds is 5. The molecule has 92 valence electrons. The van der Waals surface area contributed by atoms with Crippen molar-refractivity contribution in [2.75, 3.05) is 12.5 Å². The molecular formula is C12H13ClO3S. The van der Waals surface area contributed by atoms with Gasteiger partial charge in [0, 0.05) is 22.8 Å². The highest BCUT2D eigenvalue weighted by Crippen LogP contribution is 2.21. The molecule has 0 fully saturated rings. The van der Waals surface area contributed by atoms with Crippen LogP contribution >= 0.6 is 24.2 Å². The first-order valence-corrected chi connectivity index (χ1v) is 6.18. The Balaban J connectivity index is 3.17. The number of Topliss-reactive ketones (excluding diaryl/α,β-unsaturated/α-hetero) is 1. The van der Waals surface area contributed by atoms with E-state index in [2.05, 4.69) is 12.6 Å². The summed E-state index contributed by atoms with van der Waals surface area (Å²) in [7, 11) is 0. The van der Waals surface area contributed by atoms with Crippen LogP contribution < -0.4 is 0 Å². The lowest BCUT2D eigenvalue weighted by Gasteiger charge is -2.09. The third-order valence-corrected chi connectivity index (χ3v) is 2.71. The smallest absolute Gasteiger partial charge is 0.339 e. The SMILES string of the molecule is CCOC(=O)c1c(S)cccc1C(=O)CCCl. The molecule has 0 unspecified atom stereocenters. The zero-order valence-electron chi connectivity index (χ0n) is 9.40. The molecule has 0 radical (unpaired) electrons. The zero-order valence-corrected chi connectivity index (χ0v) is 11.1. The highest BCUT2D eigenvalue weighted by Gasteiger charge is 2.20. The van der Waals surface area contributed by atoms with Crippen LogP contribution in [0.5, 0.6) is 0 Å². The molecule has 1 rings (SSSR count). The maximum atomic E-state index is 11.8. The molecule has 0 amide bonds. The number of alkyl halides is 1. The minimum atomic E-state index is -0.531. The predicted molar refractivity (Wildman–Crippen MR) is 69.3 cm³/mol. The van der Waals surface area contributed by atoms with Crippen LogP contribution in [-0.4, -0.2) is 24.2 Å². The molecule has 5 heteroatoms. The van der Waals surface area contributed by atoms with Crippen molar-refractivity contribution in [3.05, 3.63) is 29.3 Å². The van der Waals surface area contributed by atoms with Gasteiger partial charge in [0.2, 0.25) is 0 Å². The third-order valence-electron chi connectivity index (χ3n) is 2.14. The average molecular weight is 273 g/mol. The predicted octanol–water partition coefficient (Wildman–Crippen LogP) is 2.96. The Bertz CT molecular complexity index is 432. The van der Waals surface area contributed by atoms with Crippen molar-refractivity contribution in [1.29, 1.82) is 0 Å². The fourth-order valence-electron chi connectivity index (χ4n) is 1.41. The lowest BCUT2D eigenvalue weighted by atomic mass is 10.0. The molecule has 0 aromatic heterocycles. The monoisotopic (exact) mass is 272 g/mol. The van der Waals surface area contributed by atoms with Crippen molar-refractivity contribution in [3.63, 3.8) is 0 Å². The first-order valence-electron chi connectivity index (χ1n) is 5.20. The van der Waals surface area contributed by atoms with Gasteiger partial charge in [-0.2, -0.15) is 0 Å². The van der Waals surface area contributed by atoms with Gasteiger partial charge in [0.25, 0.3) is 0 Å².